The molecule has 32 heavy (non-hydrogen) atoms. The van der Waals surface area contributed by atoms with Crippen LogP contribution in [0.2, 0.25) is 5.02 Å². The largest absolute Gasteiger partial charge is 0.454 e. The van der Waals surface area contributed by atoms with Crippen molar-refractivity contribution in [1.82, 2.24) is 9.88 Å². The minimum absolute atomic E-state index is 0.0562. The third-order valence-corrected chi connectivity index (χ3v) is 5.86. The fourth-order valence-corrected chi connectivity index (χ4v) is 4.08. The van der Waals surface area contributed by atoms with Crippen molar-refractivity contribution in [3.8, 4) is 11.5 Å². The molecule has 0 aliphatic carbocycles. The van der Waals surface area contributed by atoms with Gasteiger partial charge in [0, 0.05) is 40.9 Å². The average molecular weight is 456 g/mol. The van der Waals surface area contributed by atoms with E-state index < -0.39 is 0 Å². The van der Waals surface area contributed by atoms with Gasteiger partial charge in [-0.2, -0.15) is 0 Å². The van der Waals surface area contributed by atoms with Crippen LogP contribution in [-0.4, -0.2) is 42.0 Å². The fraction of sp³-hybridized carbons (Fsp3) is 0.304. The summed E-state index contributed by atoms with van der Waals surface area (Å²) in [6.45, 7) is 1.36. The first-order valence-electron chi connectivity index (χ1n) is 10.4. The maximum atomic E-state index is 13.1. The summed E-state index contributed by atoms with van der Waals surface area (Å²) in [4.78, 5) is 30.4. The Balaban J connectivity index is 1.42. The molecule has 8 nitrogen and oxygen atoms in total. The number of nitrogens with zero attached hydrogens (tertiary/aromatic N) is 1. The van der Waals surface area contributed by atoms with E-state index in [1.807, 2.05) is 6.07 Å². The number of H-pyrrole nitrogens is 1. The Morgan fingerprint density at radius 1 is 1.16 bits per heavy atom. The number of hydrogen-bond donors (Lipinski definition) is 2. The summed E-state index contributed by atoms with van der Waals surface area (Å²) in [5, 5.41) is 4.27. The first kappa shape index (κ1) is 20.7. The predicted molar refractivity (Wildman–Crippen MR) is 121 cm³/mol. The number of aromatic nitrogens is 1. The van der Waals surface area contributed by atoms with Gasteiger partial charge in [-0.1, -0.05) is 11.6 Å². The average Bonchev–Trinajstić information content (AvgIpc) is 3.45. The monoisotopic (exact) mass is 455 g/mol. The standard InChI is InChI=1S/C23H22ClN3O5/c24-16-3-5-17(6-4-16)25-23(29)27(12-18-2-1-7-30-18)11-15-8-14-9-20-21(32-13-31-20)10-19(14)26-22(15)28/h3-6,8-10,18H,1-2,7,11-13H2,(H,25,29)(H,26,28)/t18-/m1/s1. The van der Waals surface area contributed by atoms with Crippen molar-refractivity contribution in [1.29, 1.82) is 0 Å². The van der Waals surface area contributed by atoms with E-state index in [9.17, 15) is 9.59 Å². The summed E-state index contributed by atoms with van der Waals surface area (Å²) in [5.74, 6) is 1.23. The van der Waals surface area contributed by atoms with Gasteiger partial charge in [-0.25, -0.2) is 4.79 Å². The summed E-state index contributed by atoms with van der Waals surface area (Å²) in [7, 11) is 0. The van der Waals surface area contributed by atoms with Gasteiger partial charge in [0.15, 0.2) is 11.5 Å². The lowest BCUT2D eigenvalue weighted by Gasteiger charge is -2.25. The van der Waals surface area contributed by atoms with Gasteiger partial charge in [0.1, 0.15) is 0 Å². The van der Waals surface area contributed by atoms with Crippen molar-refractivity contribution in [3.05, 3.63) is 63.4 Å². The minimum atomic E-state index is -0.312. The number of hydrogen-bond acceptors (Lipinski definition) is 5. The first-order chi connectivity index (χ1) is 15.5. The quantitative estimate of drug-likeness (QED) is 0.603. The van der Waals surface area contributed by atoms with Crippen LogP contribution in [-0.2, 0) is 11.3 Å². The number of carbonyl (C=O) groups excluding carboxylic acids is 1. The topological polar surface area (TPSA) is 92.9 Å². The summed E-state index contributed by atoms with van der Waals surface area (Å²) < 4.78 is 16.6. The second kappa shape index (κ2) is 8.72. The molecule has 3 heterocycles. The molecule has 2 aliphatic heterocycles. The van der Waals surface area contributed by atoms with Crippen LogP contribution in [0.5, 0.6) is 11.5 Å². The Hall–Kier alpha value is -3.23. The van der Waals surface area contributed by atoms with Gasteiger partial charge in [0.05, 0.1) is 18.2 Å². The molecule has 9 heteroatoms. The Kier molecular flexibility index (Phi) is 5.63. The van der Waals surface area contributed by atoms with E-state index in [2.05, 4.69) is 10.3 Å². The van der Waals surface area contributed by atoms with E-state index in [4.69, 9.17) is 25.8 Å². The van der Waals surface area contributed by atoms with E-state index in [1.54, 1.807) is 41.3 Å². The Labute approximate surface area is 189 Å². The molecule has 0 bridgehead atoms. The van der Waals surface area contributed by atoms with E-state index in [0.29, 0.717) is 46.4 Å². The van der Waals surface area contributed by atoms with Gasteiger partial charge in [-0.05, 0) is 49.2 Å². The molecule has 0 saturated carbocycles. The maximum absolute atomic E-state index is 13.1. The van der Waals surface area contributed by atoms with Gasteiger partial charge < -0.3 is 29.4 Å². The van der Waals surface area contributed by atoms with Gasteiger partial charge in [-0.15, -0.1) is 0 Å². The van der Waals surface area contributed by atoms with Gasteiger partial charge in [-0.3, -0.25) is 4.79 Å². The van der Waals surface area contributed by atoms with E-state index in [-0.39, 0.29) is 31.0 Å². The number of pyridine rings is 1. The molecule has 0 radical (unpaired) electrons. The number of nitrogens with one attached hydrogen (secondary N) is 2. The van der Waals surface area contributed by atoms with E-state index in [0.717, 1.165) is 18.2 Å². The smallest absolute Gasteiger partial charge is 0.322 e. The third-order valence-electron chi connectivity index (χ3n) is 5.61. The fourth-order valence-electron chi connectivity index (χ4n) is 3.95. The van der Waals surface area contributed by atoms with Crippen molar-refractivity contribution in [2.45, 2.75) is 25.5 Å². The molecule has 166 valence electrons. The molecule has 2 N–H and O–H groups in total. The summed E-state index contributed by atoms with van der Waals surface area (Å²) in [5.41, 5.74) is 1.49. The van der Waals surface area contributed by atoms with E-state index >= 15 is 0 Å². The first-order valence-corrected chi connectivity index (χ1v) is 10.8. The molecule has 2 aliphatic rings. The minimum Gasteiger partial charge on any atom is -0.454 e. The zero-order valence-electron chi connectivity index (χ0n) is 17.2. The molecular formula is C23H22ClN3O5. The lowest BCUT2D eigenvalue weighted by Crippen LogP contribution is -2.40. The predicted octanol–water partition coefficient (Wildman–Crippen LogP) is 4.12. The number of fused-ring (bicyclic) bond motifs is 2. The zero-order valence-corrected chi connectivity index (χ0v) is 18.0. The molecular weight excluding hydrogens is 434 g/mol. The number of anilines is 1. The van der Waals surface area contributed by atoms with Crippen LogP contribution >= 0.6 is 11.6 Å². The molecule has 1 fully saturated rings. The van der Waals surface area contributed by atoms with Crippen molar-refractivity contribution in [2.75, 3.05) is 25.3 Å². The normalized spacial score (nSPS) is 17.0. The third kappa shape index (κ3) is 4.37. The Morgan fingerprint density at radius 2 is 1.94 bits per heavy atom. The molecule has 0 unspecified atom stereocenters. The molecule has 5 rings (SSSR count). The van der Waals surface area contributed by atoms with Crippen LogP contribution < -0.4 is 20.3 Å². The van der Waals surface area contributed by atoms with Gasteiger partial charge >= 0.3 is 6.03 Å². The number of carbonyl (C=O) groups is 1. The van der Waals surface area contributed by atoms with E-state index in [1.165, 1.54) is 0 Å². The highest BCUT2D eigenvalue weighted by Crippen LogP contribution is 2.35. The number of amides is 2. The second-order valence-corrected chi connectivity index (χ2v) is 8.31. The summed E-state index contributed by atoms with van der Waals surface area (Å²) >= 11 is 5.94. The molecule has 2 aromatic carbocycles. The van der Waals surface area contributed by atoms with Crippen LogP contribution in [0.1, 0.15) is 18.4 Å². The van der Waals surface area contributed by atoms with Crippen molar-refractivity contribution in [2.24, 2.45) is 0 Å². The Bertz CT molecular complexity index is 1200. The number of ether oxygens (including phenoxy) is 3. The van der Waals surface area contributed by atoms with Crippen LogP contribution in [0.25, 0.3) is 10.9 Å². The van der Waals surface area contributed by atoms with Crippen LogP contribution in [0, 0.1) is 0 Å². The zero-order chi connectivity index (χ0) is 22.1. The SMILES string of the molecule is O=C(Nc1ccc(Cl)cc1)N(Cc1cc2cc3c(cc2[nH]c1=O)OCO3)C[C@H]1CCCO1. The summed E-state index contributed by atoms with van der Waals surface area (Å²) in [6, 6.07) is 11.9. The highest BCUT2D eigenvalue weighted by molar-refractivity contribution is 6.30. The lowest BCUT2D eigenvalue weighted by molar-refractivity contribution is 0.0818. The van der Waals surface area contributed by atoms with Crippen molar-refractivity contribution < 1.29 is 19.0 Å². The number of aromatic amines is 1. The molecule has 1 atom stereocenters. The second-order valence-electron chi connectivity index (χ2n) is 7.87. The highest BCUT2D eigenvalue weighted by atomic mass is 35.5. The molecule has 3 aromatic rings. The number of urea groups is 1. The summed E-state index contributed by atoms with van der Waals surface area (Å²) in [6.07, 6.45) is 1.78. The van der Waals surface area contributed by atoms with Crippen LogP contribution in [0.15, 0.2) is 47.3 Å². The van der Waals surface area contributed by atoms with Crippen LogP contribution in [0.3, 0.4) is 0 Å². The van der Waals surface area contributed by atoms with Crippen LogP contribution in [0.4, 0.5) is 10.5 Å². The van der Waals surface area contributed by atoms with Crippen molar-refractivity contribution >= 4 is 34.2 Å². The molecule has 1 aromatic heterocycles. The van der Waals surface area contributed by atoms with Gasteiger partial charge in [0.2, 0.25) is 6.79 Å². The highest BCUT2D eigenvalue weighted by Gasteiger charge is 2.24. The lowest BCUT2D eigenvalue weighted by atomic mass is 10.1. The molecule has 0 spiro atoms. The number of benzene rings is 2. The van der Waals surface area contributed by atoms with Crippen molar-refractivity contribution in [3.63, 3.8) is 0 Å². The Morgan fingerprint density at radius 3 is 2.69 bits per heavy atom. The molecule has 2 amide bonds. The maximum Gasteiger partial charge on any atom is 0.322 e. The molecule has 1 saturated heterocycles. The van der Waals surface area contributed by atoms with Gasteiger partial charge in [0.25, 0.3) is 5.56 Å². The number of rotatable bonds is 5. The number of halogens is 1.